The van der Waals surface area contributed by atoms with Gasteiger partial charge in [-0.05, 0) is 96.8 Å². The Morgan fingerprint density at radius 2 is 1.85 bits per heavy atom. The number of nitrogens with one attached hydrogen (secondary N) is 2. The van der Waals surface area contributed by atoms with Crippen molar-refractivity contribution in [3.63, 3.8) is 0 Å². The SMILES string of the molecule is Nc1ccc(C(O)CNCC2CCc3cc(S(=O)(=O)Nc4ccc(-n5ccc6cccnc65)cc4)ccc3O2)cc1. The first-order chi connectivity index (χ1) is 19.9. The number of aliphatic hydroxyl groups is 1. The number of hydrogen-bond acceptors (Lipinski definition) is 7. The minimum atomic E-state index is -3.79. The zero-order chi connectivity index (χ0) is 28.4. The number of benzene rings is 3. The first-order valence-electron chi connectivity index (χ1n) is 13.4. The van der Waals surface area contributed by atoms with E-state index < -0.39 is 16.1 Å². The van der Waals surface area contributed by atoms with Gasteiger partial charge in [0.1, 0.15) is 17.5 Å². The van der Waals surface area contributed by atoms with Crippen LogP contribution in [0.2, 0.25) is 0 Å². The fourth-order valence-corrected chi connectivity index (χ4v) is 6.14. The lowest BCUT2D eigenvalue weighted by Gasteiger charge is -2.27. The van der Waals surface area contributed by atoms with E-state index in [4.69, 9.17) is 10.5 Å². The average Bonchev–Trinajstić information content (AvgIpc) is 3.41. The summed E-state index contributed by atoms with van der Waals surface area (Å²) in [5.41, 5.74) is 10.2. The normalized spacial score (nSPS) is 15.7. The largest absolute Gasteiger partial charge is 0.489 e. The van der Waals surface area contributed by atoms with Crippen LogP contribution in [0.15, 0.2) is 102 Å². The van der Waals surface area contributed by atoms with Crippen LogP contribution in [0.25, 0.3) is 16.7 Å². The number of rotatable bonds is 9. The molecule has 41 heavy (non-hydrogen) atoms. The number of aliphatic hydroxyl groups excluding tert-OH is 1. The van der Waals surface area contributed by atoms with Crippen molar-refractivity contribution in [1.82, 2.24) is 14.9 Å². The molecule has 0 aliphatic carbocycles. The third-order valence-electron chi connectivity index (χ3n) is 7.25. The van der Waals surface area contributed by atoms with Crippen LogP contribution in [0.3, 0.4) is 0 Å². The summed E-state index contributed by atoms with van der Waals surface area (Å²) in [6.07, 6.45) is 4.40. The number of pyridine rings is 1. The summed E-state index contributed by atoms with van der Waals surface area (Å²) in [5, 5.41) is 14.7. The Labute approximate surface area is 238 Å². The highest BCUT2D eigenvalue weighted by Gasteiger charge is 2.23. The summed E-state index contributed by atoms with van der Waals surface area (Å²) in [6, 6.07) is 25.2. The highest BCUT2D eigenvalue weighted by Crippen LogP contribution is 2.31. The van der Waals surface area contributed by atoms with E-state index in [1.54, 1.807) is 48.7 Å². The summed E-state index contributed by atoms with van der Waals surface area (Å²) >= 11 is 0. The first-order valence-corrected chi connectivity index (χ1v) is 14.9. The quantitative estimate of drug-likeness (QED) is 0.193. The Kier molecular flexibility index (Phi) is 7.36. The van der Waals surface area contributed by atoms with E-state index in [1.165, 1.54) is 0 Å². The van der Waals surface area contributed by atoms with Gasteiger partial charge in [-0.2, -0.15) is 0 Å². The van der Waals surface area contributed by atoms with Crippen molar-refractivity contribution in [2.75, 3.05) is 23.5 Å². The molecule has 3 heterocycles. The van der Waals surface area contributed by atoms with Crippen LogP contribution in [0.5, 0.6) is 5.75 Å². The maximum absolute atomic E-state index is 13.2. The standard InChI is InChI=1S/C31H31N5O4S/c32-24-6-3-21(4-7-24)29(37)20-33-19-27-12-5-23-18-28(13-14-30(23)40-27)41(38,39)35-25-8-10-26(11-9-25)36-17-15-22-2-1-16-34-31(22)36/h1-4,6-11,13-18,27,29,33,35,37H,5,12,19-20,32H2. The molecular weight excluding hydrogens is 538 g/mol. The molecule has 3 aromatic carbocycles. The van der Waals surface area contributed by atoms with Gasteiger partial charge in [-0.1, -0.05) is 12.1 Å². The zero-order valence-corrected chi connectivity index (χ0v) is 23.1. The van der Waals surface area contributed by atoms with E-state index in [0.717, 1.165) is 34.3 Å². The molecule has 5 N–H and O–H groups in total. The van der Waals surface area contributed by atoms with E-state index in [-0.39, 0.29) is 11.0 Å². The summed E-state index contributed by atoms with van der Waals surface area (Å²) in [7, 11) is -3.79. The number of fused-ring (bicyclic) bond motifs is 2. The van der Waals surface area contributed by atoms with Gasteiger partial charge >= 0.3 is 0 Å². The Hall–Kier alpha value is -4.38. The van der Waals surface area contributed by atoms with Crippen molar-refractivity contribution in [2.45, 2.75) is 29.9 Å². The Morgan fingerprint density at radius 1 is 1.05 bits per heavy atom. The summed E-state index contributed by atoms with van der Waals surface area (Å²) in [6.45, 7) is 0.956. The summed E-state index contributed by atoms with van der Waals surface area (Å²) < 4.78 is 37.1. The van der Waals surface area contributed by atoms with Crippen LogP contribution in [-0.4, -0.2) is 42.3 Å². The van der Waals surface area contributed by atoms with Gasteiger partial charge in [-0.15, -0.1) is 0 Å². The minimum Gasteiger partial charge on any atom is -0.489 e. The second kappa shape index (κ2) is 11.2. The van der Waals surface area contributed by atoms with Gasteiger partial charge in [-0.25, -0.2) is 13.4 Å². The lowest BCUT2D eigenvalue weighted by Crippen LogP contribution is -2.36. The molecular formula is C31H31N5O4S. The fourth-order valence-electron chi connectivity index (χ4n) is 5.03. The van der Waals surface area contributed by atoms with E-state index in [2.05, 4.69) is 15.0 Å². The second-order valence-corrected chi connectivity index (χ2v) is 11.8. The second-order valence-electron chi connectivity index (χ2n) is 10.1. The molecule has 210 valence electrons. The van der Waals surface area contributed by atoms with Crippen molar-refractivity contribution < 1.29 is 18.3 Å². The third kappa shape index (κ3) is 5.90. The van der Waals surface area contributed by atoms with Crippen LogP contribution in [-0.2, 0) is 16.4 Å². The third-order valence-corrected chi connectivity index (χ3v) is 8.63. The number of nitrogens with two attached hydrogens (primary N) is 1. The number of nitrogens with zero attached hydrogens (tertiary/aromatic N) is 2. The number of nitrogen functional groups attached to an aromatic ring is 1. The fraction of sp³-hybridized carbons (Fsp3) is 0.194. The van der Waals surface area contributed by atoms with Gasteiger partial charge in [0.15, 0.2) is 0 Å². The molecule has 1 aliphatic heterocycles. The highest BCUT2D eigenvalue weighted by molar-refractivity contribution is 7.92. The predicted molar refractivity (Wildman–Crippen MR) is 160 cm³/mol. The van der Waals surface area contributed by atoms with Crippen molar-refractivity contribution in [3.8, 4) is 11.4 Å². The Balaban J connectivity index is 1.06. The summed E-state index contributed by atoms with van der Waals surface area (Å²) in [5.74, 6) is 0.679. The molecule has 10 heteroatoms. The van der Waals surface area contributed by atoms with Crippen molar-refractivity contribution in [1.29, 1.82) is 0 Å². The number of ether oxygens (including phenoxy) is 1. The van der Waals surface area contributed by atoms with Crippen LogP contribution >= 0.6 is 0 Å². The van der Waals surface area contributed by atoms with Crippen LogP contribution in [0.4, 0.5) is 11.4 Å². The molecule has 0 fully saturated rings. The topological polar surface area (TPSA) is 132 Å². The van der Waals surface area contributed by atoms with Crippen molar-refractivity contribution >= 4 is 32.4 Å². The van der Waals surface area contributed by atoms with E-state index in [0.29, 0.717) is 36.6 Å². The molecule has 2 aromatic heterocycles. The number of hydrogen-bond donors (Lipinski definition) is 4. The van der Waals surface area contributed by atoms with Gasteiger partial charge in [0.25, 0.3) is 10.0 Å². The molecule has 2 unspecified atom stereocenters. The van der Waals surface area contributed by atoms with E-state index in [1.807, 2.05) is 53.2 Å². The lowest BCUT2D eigenvalue weighted by molar-refractivity contribution is 0.146. The van der Waals surface area contributed by atoms with Crippen LogP contribution in [0.1, 0.15) is 23.7 Å². The number of aromatic nitrogens is 2. The summed E-state index contributed by atoms with van der Waals surface area (Å²) in [4.78, 5) is 4.63. The van der Waals surface area contributed by atoms with Crippen LogP contribution in [0, 0.1) is 0 Å². The van der Waals surface area contributed by atoms with Gasteiger partial charge in [0.05, 0.1) is 11.0 Å². The number of aryl methyl sites for hydroxylation is 1. The molecule has 0 amide bonds. The highest BCUT2D eigenvalue weighted by atomic mass is 32.2. The van der Waals surface area contributed by atoms with Gasteiger partial charge in [0.2, 0.25) is 0 Å². The predicted octanol–water partition coefficient (Wildman–Crippen LogP) is 4.43. The average molecular weight is 570 g/mol. The molecule has 6 rings (SSSR count). The Bertz CT molecular complexity index is 1770. The zero-order valence-electron chi connectivity index (χ0n) is 22.3. The first kappa shape index (κ1) is 26.8. The Morgan fingerprint density at radius 3 is 2.66 bits per heavy atom. The molecule has 9 nitrogen and oxygen atoms in total. The van der Waals surface area contributed by atoms with Crippen molar-refractivity contribution in [3.05, 3.63) is 108 Å². The molecule has 5 aromatic rings. The number of anilines is 2. The monoisotopic (exact) mass is 569 g/mol. The van der Waals surface area contributed by atoms with Gasteiger partial charge in [0, 0.05) is 47.9 Å². The lowest BCUT2D eigenvalue weighted by atomic mass is 10.0. The van der Waals surface area contributed by atoms with Gasteiger partial charge < -0.3 is 25.5 Å². The molecule has 0 spiro atoms. The maximum Gasteiger partial charge on any atom is 0.261 e. The molecule has 0 radical (unpaired) electrons. The molecule has 0 saturated heterocycles. The molecule has 0 saturated carbocycles. The minimum absolute atomic E-state index is 0.0761. The van der Waals surface area contributed by atoms with Crippen LogP contribution < -0.4 is 20.5 Å². The molecule has 1 aliphatic rings. The molecule has 0 bridgehead atoms. The molecule has 2 atom stereocenters. The maximum atomic E-state index is 13.2. The van der Waals surface area contributed by atoms with Crippen molar-refractivity contribution in [2.24, 2.45) is 0 Å². The van der Waals surface area contributed by atoms with E-state index in [9.17, 15) is 13.5 Å². The van der Waals surface area contributed by atoms with E-state index >= 15 is 0 Å². The smallest absolute Gasteiger partial charge is 0.261 e. The van der Waals surface area contributed by atoms with Gasteiger partial charge in [-0.3, -0.25) is 4.72 Å². The number of sulfonamides is 1.